The van der Waals surface area contributed by atoms with Gasteiger partial charge in [-0.2, -0.15) is 5.10 Å². The summed E-state index contributed by atoms with van der Waals surface area (Å²) in [5.74, 6) is -0.691. The number of hydrogen-bond donors (Lipinski definition) is 3. The average molecular weight is 218 g/mol. The largest absolute Gasteiger partial charge is 0.395 e. The summed E-state index contributed by atoms with van der Waals surface area (Å²) in [6.45, 7) is 1.14. The van der Waals surface area contributed by atoms with Crippen LogP contribution in [0, 0.1) is 0 Å². The van der Waals surface area contributed by atoms with Crippen molar-refractivity contribution in [3.8, 4) is 0 Å². The first-order valence-electron chi connectivity index (χ1n) is 4.45. The van der Waals surface area contributed by atoms with Gasteiger partial charge in [-0.3, -0.25) is 9.89 Å². The number of rotatable bonds is 4. The topological polar surface area (TPSA) is 83.8 Å². The molecule has 0 fully saturated rings. The third-order valence-corrected chi connectivity index (χ3v) is 1.87. The number of nitrogen functional groups attached to an aromatic ring is 1. The van der Waals surface area contributed by atoms with Gasteiger partial charge in [0.05, 0.1) is 17.9 Å². The molecule has 1 amide bonds. The minimum atomic E-state index is -2.58. The van der Waals surface area contributed by atoms with E-state index in [1.165, 1.54) is 0 Å². The van der Waals surface area contributed by atoms with Crippen LogP contribution in [0.3, 0.4) is 0 Å². The summed E-state index contributed by atoms with van der Waals surface area (Å²) >= 11 is 0. The second kappa shape index (κ2) is 4.72. The van der Waals surface area contributed by atoms with Gasteiger partial charge in [0.25, 0.3) is 12.3 Å². The number of anilines is 1. The summed E-state index contributed by atoms with van der Waals surface area (Å²) in [6.07, 6.45) is -1.99. The molecule has 4 N–H and O–H groups in total. The van der Waals surface area contributed by atoms with Crippen molar-refractivity contribution >= 4 is 11.6 Å². The molecule has 0 aliphatic heterocycles. The number of carbonyl (C=O) groups excluding carboxylic acids is 1. The molecule has 0 bridgehead atoms. The molecule has 84 valence electrons. The maximum Gasteiger partial charge on any atom is 0.274 e. The Morgan fingerprint density at radius 2 is 2.33 bits per heavy atom. The Morgan fingerprint density at radius 3 is 2.80 bits per heavy atom. The van der Waals surface area contributed by atoms with Gasteiger partial charge in [-0.1, -0.05) is 6.92 Å². The molecule has 0 aromatic carbocycles. The first-order valence-corrected chi connectivity index (χ1v) is 4.45. The molecular weight excluding hydrogens is 206 g/mol. The Hall–Kier alpha value is -1.66. The third-order valence-electron chi connectivity index (χ3n) is 1.87. The Kier molecular flexibility index (Phi) is 3.59. The van der Waals surface area contributed by atoms with Gasteiger partial charge < -0.3 is 11.1 Å². The van der Waals surface area contributed by atoms with Crippen LogP contribution in [-0.2, 0) is 6.42 Å². The first-order chi connectivity index (χ1) is 7.06. The van der Waals surface area contributed by atoms with Gasteiger partial charge in [0.2, 0.25) is 0 Å². The standard InChI is InChI=1S/C8H12F2N4O/c1-2-4-6(11)7(14-13-4)8(15)12-3-5(9)10/h5H,2-3,11H2,1H3,(H,12,15)(H,13,14). The molecule has 0 atom stereocenters. The number of amides is 1. The van der Waals surface area contributed by atoms with E-state index in [1.54, 1.807) is 0 Å². The SMILES string of the molecule is CCc1[nH]nc(C(=O)NCC(F)F)c1N. The van der Waals surface area contributed by atoms with Crippen LogP contribution in [0.2, 0.25) is 0 Å². The number of nitrogens with two attached hydrogens (primary N) is 1. The number of aromatic nitrogens is 2. The van der Waals surface area contributed by atoms with E-state index >= 15 is 0 Å². The van der Waals surface area contributed by atoms with Gasteiger partial charge in [-0.25, -0.2) is 8.78 Å². The number of aromatic amines is 1. The third kappa shape index (κ3) is 2.64. The van der Waals surface area contributed by atoms with E-state index in [1.807, 2.05) is 12.2 Å². The van der Waals surface area contributed by atoms with E-state index in [-0.39, 0.29) is 11.4 Å². The minimum Gasteiger partial charge on any atom is -0.395 e. The second-order valence-corrected chi connectivity index (χ2v) is 2.92. The normalized spacial score (nSPS) is 10.7. The van der Waals surface area contributed by atoms with Crippen molar-refractivity contribution in [2.24, 2.45) is 0 Å². The molecule has 7 heteroatoms. The maximum absolute atomic E-state index is 11.8. The monoisotopic (exact) mass is 218 g/mol. The van der Waals surface area contributed by atoms with Crippen LogP contribution < -0.4 is 11.1 Å². The van der Waals surface area contributed by atoms with Crippen molar-refractivity contribution in [1.29, 1.82) is 0 Å². The number of alkyl halides is 2. The highest BCUT2D eigenvalue weighted by Crippen LogP contribution is 2.13. The maximum atomic E-state index is 11.8. The van der Waals surface area contributed by atoms with Crippen molar-refractivity contribution in [2.75, 3.05) is 12.3 Å². The minimum absolute atomic E-state index is 0.0347. The van der Waals surface area contributed by atoms with Crippen LogP contribution in [0.5, 0.6) is 0 Å². The van der Waals surface area contributed by atoms with Gasteiger partial charge in [0, 0.05) is 0 Å². The molecule has 0 radical (unpaired) electrons. The molecule has 1 aromatic rings. The fourth-order valence-electron chi connectivity index (χ4n) is 1.08. The fourth-order valence-corrected chi connectivity index (χ4v) is 1.08. The first kappa shape index (κ1) is 11.4. The van der Waals surface area contributed by atoms with Gasteiger partial charge in [-0.05, 0) is 6.42 Å². The lowest BCUT2D eigenvalue weighted by Crippen LogP contribution is -2.29. The highest BCUT2D eigenvalue weighted by molar-refractivity contribution is 5.97. The fraction of sp³-hybridized carbons (Fsp3) is 0.500. The second-order valence-electron chi connectivity index (χ2n) is 2.92. The van der Waals surface area contributed by atoms with Crippen LogP contribution in [-0.4, -0.2) is 29.1 Å². The van der Waals surface area contributed by atoms with Gasteiger partial charge in [-0.15, -0.1) is 0 Å². The summed E-state index contributed by atoms with van der Waals surface area (Å²) < 4.78 is 23.6. The number of H-pyrrole nitrogens is 1. The molecular formula is C8H12F2N4O. The zero-order valence-corrected chi connectivity index (χ0v) is 8.18. The summed E-state index contributed by atoms with van der Waals surface area (Å²) in [7, 11) is 0. The highest BCUT2D eigenvalue weighted by Gasteiger charge is 2.17. The Morgan fingerprint density at radius 1 is 1.67 bits per heavy atom. The quantitative estimate of drug-likeness (QED) is 0.690. The number of hydrogen-bond acceptors (Lipinski definition) is 3. The number of carbonyl (C=O) groups is 1. The number of aryl methyl sites for hydroxylation is 1. The molecule has 1 heterocycles. The molecule has 0 aliphatic rings. The predicted molar refractivity (Wildman–Crippen MR) is 50.7 cm³/mol. The molecule has 0 unspecified atom stereocenters. The van der Waals surface area contributed by atoms with Crippen molar-refractivity contribution in [3.63, 3.8) is 0 Å². The van der Waals surface area contributed by atoms with Crippen molar-refractivity contribution in [1.82, 2.24) is 15.5 Å². The average Bonchev–Trinajstić information content (AvgIpc) is 2.56. The molecule has 1 rings (SSSR count). The summed E-state index contributed by atoms with van der Waals surface area (Å²) in [5, 5.41) is 8.25. The lowest BCUT2D eigenvalue weighted by molar-refractivity contribution is 0.0887. The van der Waals surface area contributed by atoms with E-state index in [4.69, 9.17) is 5.73 Å². The summed E-state index contributed by atoms with van der Waals surface area (Å²) in [5.41, 5.74) is 6.38. The predicted octanol–water partition coefficient (Wildman–Crippen LogP) is 0.549. The molecule has 0 aliphatic carbocycles. The van der Waals surface area contributed by atoms with E-state index in [2.05, 4.69) is 10.2 Å². The van der Waals surface area contributed by atoms with Crippen LogP contribution in [0.4, 0.5) is 14.5 Å². The number of nitrogens with one attached hydrogen (secondary N) is 2. The molecule has 5 nitrogen and oxygen atoms in total. The van der Waals surface area contributed by atoms with Crippen molar-refractivity contribution in [3.05, 3.63) is 11.4 Å². The summed E-state index contributed by atoms with van der Waals surface area (Å²) in [4.78, 5) is 11.3. The molecule has 0 spiro atoms. The molecule has 15 heavy (non-hydrogen) atoms. The van der Waals surface area contributed by atoms with Gasteiger partial charge in [0.1, 0.15) is 0 Å². The highest BCUT2D eigenvalue weighted by atomic mass is 19.3. The Balaban J connectivity index is 2.69. The Bertz CT molecular complexity index is 350. The molecule has 0 saturated carbocycles. The summed E-state index contributed by atoms with van der Waals surface area (Å²) in [6, 6.07) is 0. The lowest BCUT2D eigenvalue weighted by Gasteiger charge is -2.02. The van der Waals surface area contributed by atoms with Gasteiger partial charge >= 0.3 is 0 Å². The van der Waals surface area contributed by atoms with E-state index in [9.17, 15) is 13.6 Å². The number of halogens is 2. The van der Waals surface area contributed by atoms with Crippen LogP contribution in [0.25, 0.3) is 0 Å². The lowest BCUT2D eigenvalue weighted by atomic mass is 10.2. The van der Waals surface area contributed by atoms with E-state index in [0.717, 1.165) is 0 Å². The smallest absolute Gasteiger partial charge is 0.274 e. The van der Waals surface area contributed by atoms with E-state index in [0.29, 0.717) is 12.1 Å². The van der Waals surface area contributed by atoms with Crippen molar-refractivity contribution < 1.29 is 13.6 Å². The molecule has 1 aromatic heterocycles. The zero-order valence-electron chi connectivity index (χ0n) is 8.18. The van der Waals surface area contributed by atoms with E-state index < -0.39 is 18.9 Å². The van der Waals surface area contributed by atoms with Crippen molar-refractivity contribution in [2.45, 2.75) is 19.8 Å². The van der Waals surface area contributed by atoms with Crippen LogP contribution >= 0.6 is 0 Å². The van der Waals surface area contributed by atoms with Gasteiger partial charge in [0.15, 0.2) is 5.69 Å². The molecule has 0 saturated heterocycles. The van der Waals surface area contributed by atoms with Crippen LogP contribution in [0.15, 0.2) is 0 Å². The Labute approximate surface area is 85.0 Å². The zero-order chi connectivity index (χ0) is 11.4. The number of nitrogens with zero attached hydrogens (tertiary/aromatic N) is 1. The van der Waals surface area contributed by atoms with Crippen LogP contribution in [0.1, 0.15) is 23.1 Å².